The maximum absolute atomic E-state index is 8.47. The Kier molecular flexibility index (Phi) is 4.20. The van der Waals surface area contributed by atoms with Gasteiger partial charge in [0.1, 0.15) is 5.84 Å². The molecule has 0 aliphatic heterocycles. The molecule has 2 atom stereocenters. The summed E-state index contributed by atoms with van der Waals surface area (Å²) in [6.45, 7) is 4.33. The molecule has 1 saturated carbocycles. The van der Waals surface area contributed by atoms with Crippen molar-refractivity contribution in [1.82, 2.24) is 5.32 Å². The fourth-order valence-electron chi connectivity index (χ4n) is 1.72. The van der Waals surface area contributed by atoms with Gasteiger partial charge in [-0.1, -0.05) is 12.1 Å². The van der Waals surface area contributed by atoms with Gasteiger partial charge in [-0.05, 0) is 32.1 Å². The lowest BCUT2D eigenvalue weighted by atomic mass is 10.1. The van der Waals surface area contributed by atoms with Crippen LogP contribution in [0.3, 0.4) is 0 Å². The van der Waals surface area contributed by atoms with Crippen LogP contribution in [-0.2, 0) is 0 Å². The first-order valence-electron chi connectivity index (χ1n) is 5.39. The predicted octanol–water partition coefficient (Wildman–Crippen LogP) is 1.29. The molecule has 0 heterocycles. The summed E-state index contributed by atoms with van der Waals surface area (Å²) in [5, 5.41) is 15.0. The van der Waals surface area contributed by atoms with Gasteiger partial charge in [0, 0.05) is 18.5 Å². The molecule has 0 spiro atoms. The van der Waals surface area contributed by atoms with Gasteiger partial charge in [0.2, 0.25) is 0 Å². The van der Waals surface area contributed by atoms with Crippen LogP contribution in [0.25, 0.3) is 0 Å². The zero-order chi connectivity index (χ0) is 10.6. The van der Waals surface area contributed by atoms with Crippen molar-refractivity contribution in [3.8, 4) is 0 Å². The second-order valence-electron chi connectivity index (χ2n) is 4.19. The zero-order valence-corrected chi connectivity index (χ0v) is 9.03. The van der Waals surface area contributed by atoms with Crippen LogP contribution in [0.1, 0.15) is 39.5 Å². The van der Waals surface area contributed by atoms with Crippen LogP contribution in [0.2, 0.25) is 0 Å². The average Bonchev–Trinajstić information content (AvgIpc) is 2.99. The Hall–Kier alpha value is -0.770. The molecule has 4 N–H and O–H groups in total. The number of nitrogens with one attached hydrogen (secondary N) is 1. The highest BCUT2D eigenvalue weighted by atomic mass is 16.4. The smallest absolute Gasteiger partial charge is 0.140 e. The molecule has 14 heavy (non-hydrogen) atoms. The van der Waals surface area contributed by atoms with Crippen LogP contribution < -0.4 is 11.1 Å². The molecule has 1 aliphatic rings. The van der Waals surface area contributed by atoms with E-state index < -0.39 is 0 Å². The molecule has 0 aromatic carbocycles. The minimum absolute atomic E-state index is 0.312. The Labute approximate surface area is 85.6 Å². The molecule has 0 aromatic rings. The van der Waals surface area contributed by atoms with E-state index in [-0.39, 0.29) is 0 Å². The molecule has 0 amide bonds. The molecular formula is C10H21N3O. The maximum atomic E-state index is 8.47. The molecular weight excluding hydrogens is 178 g/mol. The molecule has 1 aliphatic carbocycles. The lowest BCUT2D eigenvalue weighted by Crippen LogP contribution is -2.39. The Morgan fingerprint density at radius 2 is 2.29 bits per heavy atom. The summed E-state index contributed by atoms with van der Waals surface area (Å²) in [6.07, 6.45) is 4.32. The quantitative estimate of drug-likeness (QED) is 0.261. The molecule has 0 saturated heterocycles. The molecule has 2 unspecified atom stereocenters. The van der Waals surface area contributed by atoms with Gasteiger partial charge >= 0.3 is 0 Å². The molecule has 4 nitrogen and oxygen atoms in total. The van der Waals surface area contributed by atoms with E-state index in [1.807, 2.05) is 0 Å². The summed E-state index contributed by atoms with van der Waals surface area (Å²) in [5.74, 6) is 1.16. The molecule has 82 valence electrons. The Bertz CT molecular complexity index is 202. The minimum atomic E-state index is 0.312. The van der Waals surface area contributed by atoms with Crippen molar-refractivity contribution in [1.29, 1.82) is 0 Å². The third-order valence-corrected chi connectivity index (χ3v) is 2.90. The number of hydrogen-bond acceptors (Lipinski definition) is 3. The highest BCUT2D eigenvalue weighted by molar-refractivity contribution is 5.80. The molecule has 0 bridgehead atoms. The van der Waals surface area contributed by atoms with E-state index >= 15 is 0 Å². The van der Waals surface area contributed by atoms with E-state index in [2.05, 4.69) is 24.3 Å². The van der Waals surface area contributed by atoms with Gasteiger partial charge < -0.3 is 16.3 Å². The number of amidine groups is 1. The van der Waals surface area contributed by atoms with Crippen molar-refractivity contribution in [2.24, 2.45) is 16.8 Å². The summed E-state index contributed by atoms with van der Waals surface area (Å²) in [5.41, 5.74) is 5.48. The Morgan fingerprint density at radius 1 is 1.64 bits per heavy atom. The lowest BCUT2D eigenvalue weighted by Gasteiger charge is -2.21. The van der Waals surface area contributed by atoms with Gasteiger partial charge in [-0.15, -0.1) is 0 Å². The predicted molar refractivity (Wildman–Crippen MR) is 57.4 cm³/mol. The van der Waals surface area contributed by atoms with Crippen LogP contribution in [0.15, 0.2) is 5.16 Å². The summed E-state index contributed by atoms with van der Waals surface area (Å²) in [4.78, 5) is 0. The van der Waals surface area contributed by atoms with Crippen LogP contribution >= 0.6 is 0 Å². The van der Waals surface area contributed by atoms with E-state index in [9.17, 15) is 0 Å². The Balaban J connectivity index is 2.29. The topological polar surface area (TPSA) is 70.6 Å². The van der Waals surface area contributed by atoms with Crippen molar-refractivity contribution >= 4 is 5.84 Å². The van der Waals surface area contributed by atoms with Crippen LogP contribution in [0.5, 0.6) is 0 Å². The van der Waals surface area contributed by atoms with E-state index in [1.165, 1.54) is 12.8 Å². The maximum Gasteiger partial charge on any atom is 0.140 e. The minimum Gasteiger partial charge on any atom is -0.409 e. The van der Waals surface area contributed by atoms with Crippen LogP contribution in [0, 0.1) is 5.92 Å². The van der Waals surface area contributed by atoms with Crippen LogP contribution in [-0.4, -0.2) is 23.1 Å². The zero-order valence-electron chi connectivity index (χ0n) is 9.03. The SMILES string of the molecule is CCC(CC(N)=NO)NC(C)C1CC1. The van der Waals surface area contributed by atoms with Crippen molar-refractivity contribution in [2.75, 3.05) is 0 Å². The van der Waals surface area contributed by atoms with Gasteiger partial charge in [0.05, 0.1) is 0 Å². The highest BCUT2D eigenvalue weighted by Crippen LogP contribution is 2.32. The largest absolute Gasteiger partial charge is 0.409 e. The number of hydrogen-bond donors (Lipinski definition) is 3. The average molecular weight is 199 g/mol. The third-order valence-electron chi connectivity index (χ3n) is 2.90. The summed E-state index contributed by atoms with van der Waals surface area (Å²) in [6, 6.07) is 0.896. The van der Waals surface area contributed by atoms with Gasteiger partial charge in [0.15, 0.2) is 0 Å². The lowest BCUT2D eigenvalue weighted by molar-refractivity contribution is 0.314. The van der Waals surface area contributed by atoms with E-state index in [0.717, 1.165) is 12.3 Å². The van der Waals surface area contributed by atoms with Gasteiger partial charge in [-0.3, -0.25) is 0 Å². The number of nitrogens with two attached hydrogens (primary N) is 1. The van der Waals surface area contributed by atoms with Crippen LogP contribution in [0.4, 0.5) is 0 Å². The van der Waals surface area contributed by atoms with Gasteiger partial charge in [0.25, 0.3) is 0 Å². The molecule has 0 aromatic heterocycles. The molecule has 1 fully saturated rings. The standard InChI is InChI=1S/C10H21N3O/c1-3-9(6-10(11)13-14)12-7(2)8-4-5-8/h7-9,12,14H,3-6H2,1-2H3,(H2,11,13). The van der Waals surface area contributed by atoms with Crippen molar-refractivity contribution in [2.45, 2.75) is 51.6 Å². The Morgan fingerprint density at radius 3 is 2.71 bits per heavy atom. The first-order chi connectivity index (χ1) is 6.67. The number of rotatable bonds is 6. The first kappa shape index (κ1) is 11.3. The normalized spacial score (nSPS) is 22.0. The van der Waals surface area contributed by atoms with E-state index in [1.54, 1.807) is 0 Å². The summed E-state index contributed by atoms with van der Waals surface area (Å²) < 4.78 is 0. The van der Waals surface area contributed by atoms with Gasteiger partial charge in [-0.25, -0.2) is 0 Å². The molecule has 4 heteroatoms. The second kappa shape index (κ2) is 5.20. The molecule has 0 radical (unpaired) electrons. The van der Waals surface area contributed by atoms with E-state index in [4.69, 9.17) is 10.9 Å². The summed E-state index contributed by atoms with van der Waals surface area (Å²) in [7, 11) is 0. The number of nitrogens with zero attached hydrogens (tertiary/aromatic N) is 1. The third kappa shape index (κ3) is 3.54. The molecule has 1 rings (SSSR count). The fourth-order valence-corrected chi connectivity index (χ4v) is 1.72. The number of oxime groups is 1. The monoisotopic (exact) mass is 199 g/mol. The van der Waals surface area contributed by atoms with E-state index in [0.29, 0.717) is 24.3 Å². The second-order valence-corrected chi connectivity index (χ2v) is 4.19. The fraction of sp³-hybridized carbons (Fsp3) is 0.900. The van der Waals surface area contributed by atoms with Gasteiger partial charge in [-0.2, -0.15) is 0 Å². The highest BCUT2D eigenvalue weighted by Gasteiger charge is 2.28. The summed E-state index contributed by atoms with van der Waals surface area (Å²) >= 11 is 0. The van der Waals surface area contributed by atoms with Crippen molar-refractivity contribution in [3.63, 3.8) is 0 Å². The first-order valence-corrected chi connectivity index (χ1v) is 5.39. The van der Waals surface area contributed by atoms with Crippen molar-refractivity contribution in [3.05, 3.63) is 0 Å². The van der Waals surface area contributed by atoms with Crippen molar-refractivity contribution < 1.29 is 5.21 Å².